The van der Waals surface area contributed by atoms with Gasteiger partial charge >= 0.3 is 0 Å². The van der Waals surface area contributed by atoms with Crippen LogP contribution >= 0.6 is 15.9 Å². The van der Waals surface area contributed by atoms with Crippen molar-refractivity contribution in [1.82, 2.24) is 4.90 Å². The first kappa shape index (κ1) is 14.5. The van der Waals surface area contributed by atoms with Gasteiger partial charge in [-0.05, 0) is 25.8 Å². The summed E-state index contributed by atoms with van der Waals surface area (Å²) in [6, 6.07) is 0.924. The molecule has 0 aromatic rings. The third-order valence-corrected chi connectivity index (χ3v) is 4.12. The number of alkyl halides is 1. The Balaban J connectivity index is 1.98. The maximum Gasteiger partial charge on any atom is 0.0159 e. The van der Waals surface area contributed by atoms with Gasteiger partial charge in [-0.15, -0.1) is 0 Å². The molecule has 0 radical (unpaired) electrons. The zero-order valence-electron chi connectivity index (χ0n) is 10.9. The lowest BCUT2D eigenvalue weighted by atomic mass is 9.91. The molecule has 1 aliphatic carbocycles. The van der Waals surface area contributed by atoms with Gasteiger partial charge in [-0.3, -0.25) is 4.90 Å². The lowest BCUT2D eigenvalue weighted by Crippen LogP contribution is -2.41. The predicted molar refractivity (Wildman–Crippen MR) is 76.4 cm³/mol. The Bertz CT molecular complexity index is 157. The van der Waals surface area contributed by atoms with Crippen molar-refractivity contribution in [3.63, 3.8) is 0 Å². The molecular weight excluding hydrogens is 262 g/mol. The molecule has 0 aromatic heterocycles. The molecule has 0 amide bonds. The Hall–Kier alpha value is 0.440. The molecule has 1 fully saturated rings. The van der Waals surface area contributed by atoms with Gasteiger partial charge in [0.05, 0.1) is 0 Å². The van der Waals surface area contributed by atoms with Crippen LogP contribution in [-0.2, 0) is 0 Å². The zero-order chi connectivity index (χ0) is 11.6. The van der Waals surface area contributed by atoms with E-state index < -0.39 is 0 Å². The molecule has 1 aliphatic rings. The van der Waals surface area contributed by atoms with Crippen LogP contribution in [0.2, 0.25) is 0 Å². The normalized spacial score (nSPS) is 16.7. The quantitative estimate of drug-likeness (QED) is 0.420. The highest BCUT2D eigenvalue weighted by atomic mass is 79.9. The molecule has 0 aromatic carbocycles. The highest BCUT2D eigenvalue weighted by molar-refractivity contribution is 9.09. The van der Waals surface area contributed by atoms with Crippen molar-refractivity contribution in [2.45, 2.75) is 70.8 Å². The van der Waals surface area contributed by atoms with Gasteiger partial charge in [-0.2, -0.15) is 0 Å². The summed E-state index contributed by atoms with van der Waals surface area (Å²) < 4.78 is 0. The third-order valence-electron chi connectivity index (χ3n) is 3.76. The third kappa shape index (κ3) is 5.67. The van der Waals surface area contributed by atoms with E-state index in [0.29, 0.717) is 0 Å². The minimum Gasteiger partial charge on any atom is -0.300 e. The van der Waals surface area contributed by atoms with Gasteiger partial charge in [0.1, 0.15) is 0 Å². The van der Waals surface area contributed by atoms with Crippen molar-refractivity contribution < 1.29 is 0 Å². The maximum absolute atomic E-state index is 3.57. The van der Waals surface area contributed by atoms with E-state index in [1.54, 1.807) is 0 Å². The number of rotatable bonds is 10. The van der Waals surface area contributed by atoms with Crippen LogP contribution in [0.15, 0.2) is 0 Å². The molecule has 0 atom stereocenters. The van der Waals surface area contributed by atoms with Crippen molar-refractivity contribution >= 4 is 15.9 Å². The van der Waals surface area contributed by atoms with Crippen LogP contribution in [-0.4, -0.2) is 29.4 Å². The lowest BCUT2D eigenvalue weighted by Gasteiger charge is -2.37. The average Bonchev–Trinajstić information content (AvgIpc) is 2.21. The molecule has 1 nitrogen and oxygen atoms in total. The van der Waals surface area contributed by atoms with Crippen molar-refractivity contribution in [3.05, 3.63) is 0 Å². The summed E-state index contributed by atoms with van der Waals surface area (Å²) in [5.41, 5.74) is 0. The first-order valence-corrected chi connectivity index (χ1v) is 8.30. The second-order valence-corrected chi connectivity index (χ2v) is 5.87. The summed E-state index contributed by atoms with van der Waals surface area (Å²) in [5, 5.41) is 1.14. The molecular formula is C14H28BrN. The fraction of sp³-hybridized carbons (Fsp3) is 1.00. The standard InChI is InChI=1S/C14H28BrN/c1-2-3-4-5-6-7-12-16(13-11-15)14-9-8-10-14/h14H,2-13H2,1H3. The molecule has 0 heterocycles. The second-order valence-electron chi connectivity index (χ2n) is 5.08. The van der Waals surface area contributed by atoms with Gasteiger partial charge in [-0.1, -0.05) is 61.4 Å². The molecule has 2 heteroatoms. The van der Waals surface area contributed by atoms with E-state index in [2.05, 4.69) is 27.8 Å². The molecule has 0 N–H and O–H groups in total. The first-order chi connectivity index (χ1) is 7.88. The van der Waals surface area contributed by atoms with Gasteiger partial charge in [0, 0.05) is 17.9 Å². The molecule has 0 aliphatic heterocycles. The number of unbranched alkanes of at least 4 members (excludes halogenated alkanes) is 5. The van der Waals surface area contributed by atoms with E-state index in [1.165, 1.54) is 70.9 Å². The Kier molecular flexibility index (Phi) is 8.58. The molecule has 0 spiro atoms. The number of nitrogens with zero attached hydrogens (tertiary/aromatic N) is 1. The van der Waals surface area contributed by atoms with E-state index in [0.717, 1.165) is 11.4 Å². The van der Waals surface area contributed by atoms with E-state index >= 15 is 0 Å². The minimum absolute atomic E-state index is 0.924. The lowest BCUT2D eigenvalue weighted by molar-refractivity contribution is 0.133. The fourth-order valence-corrected chi connectivity index (χ4v) is 2.89. The van der Waals surface area contributed by atoms with Crippen LogP contribution in [0.4, 0.5) is 0 Å². The van der Waals surface area contributed by atoms with Gasteiger partial charge < -0.3 is 0 Å². The summed E-state index contributed by atoms with van der Waals surface area (Å²) in [4.78, 5) is 2.71. The number of hydrogen-bond donors (Lipinski definition) is 0. The van der Waals surface area contributed by atoms with Crippen LogP contribution < -0.4 is 0 Å². The van der Waals surface area contributed by atoms with E-state index in [1.807, 2.05) is 0 Å². The van der Waals surface area contributed by atoms with Crippen LogP contribution in [0.3, 0.4) is 0 Å². The molecule has 0 bridgehead atoms. The Morgan fingerprint density at radius 1 is 1.00 bits per heavy atom. The highest BCUT2D eigenvalue weighted by Gasteiger charge is 2.23. The van der Waals surface area contributed by atoms with Gasteiger partial charge in [0.2, 0.25) is 0 Å². The van der Waals surface area contributed by atoms with Crippen LogP contribution in [0.25, 0.3) is 0 Å². The van der Waals surface area contributed by atoms with E-state index in [4.69, 9.17) is 0 Å². The molecule has 1 rings (SSSR count). The number of halogens is 1. The smallest absolute Gasteiger partial charge is 0.0159 e. The summed E-state index contributed by atoms with van der Waals surface area (Å²) in [6.07, 6.45) is 12.9. The predicted octanol–water partition coefficient (Wildman–Crippen LogP) is 4.60. The SMILES string of the molecule is CCCCCCCCN(CCBr)C1CCC1. The van der Waals surface area contributed by atoms with Crippen LogP contribution in [0.5, 0.6) is 0 Å². The van der Waals surface area contributed by atoms with Gasteiger partial charge in [0.15, 0.2) is 0 Å². The topological polar surface area (TPSA) is 3.24 Å². The summed E-state index contributed by atoms with van der Waals surface area (Å²) in [5.74, 6) is 0. The van der Waals surface area contributed by atoms with Crippen LogP contribution in [0, 0.1) is 0 Å². The Labute approximate surface area is 110 Å². The molecule has 1 saturated carbocycles. The summed E-state index contributed by atoms with van der Waals surface area (Å²) in [7, 11) is 0. The van der Waals surface area contributed by atoms with Gasteiger partial charge in [0.25, 0.3) is 0 Å². The van der Waals surface area contributed by atoms with E-state index in [-0.39, 0.29) is 0 Å². The van der Waals surface area contributed by atoms with Crippen LogP contribution in [0.1, 0.15) is 64.7 Å². The van der Waals surface area contributed by atoms with Crippen molar-refractivity contribution in [1.29, 1.82) is 0 Å². The minimum atomic E-state index is 0.924. The Morgan fingerprint density at radius 2 is 1.69 bits per heavy atom. The van der Waals surface area contributed by atoms with Gasteiger partial charge in [-0.25, -0.2) is 0 Å². The van der Waals surface area contributed by atoms with Crippen molar-refractivity contribution in [2.75, 3.05) is 18.4 Å². The first-order valence-electron chi connectivity index (χ1n) is 7.18. The van der Waals surface area contributed by atoms with E-state index in [9.17, 15) is 0 Å². The summed E-state index contributed by atoms with van der Waals surface area (Å²) >= 11 is 3.57. The summed E-state index contributed by atoms with van der Waals surface area (Å²) in [6.45, 7) is 4.87. The molecule has 16 heavy (non-hydrogen) atoms. The molecule has 96 valence electrons. The largest absolute Gasteiger partial charge is 0.300 e. The zero-order valence-corrected chi connectivity index (χ0v) is 12.5. The monoisotopic (exact) mass is 289 g/mol. The highest BCUT2D eigenvalue weighted by Crippen LogP contribution is 2.25. The maximum atomic E-state index is 3.57. The number of hydrogen-bond acceptors (Lipinski definition) is 1. The fourth-order valence-electron chi connectivity index (χ4n) is 2.43. The van der Waals surface area contributed by atoms with Crippen molar-refractivity contribution in [2.24, 2.45) is 0 Å². The molecule has 0 saturated heterocycles. The second kappa shape index (κ2) is 9.47. The average molecular weight is 290 g/mol. The molecule has 0 unspecified atom stereocenters. The van der Waals surface area contributed by atoms with Crippen molar-refractivity contribution in [3.8, 4) is 0 Å². The Morgan fingerprint density at radius 3 is 2.25 bits per heavy atom.